The zero-order valence-electron chi connectivity index (χ0n) is 13.8. The number of likely N-dealkylation sites (N-methyl/N-ethyl adjacent to an activating group) is 1. The largest absolute Gasteiger partial charge is 0.338 e. The van der Waals surface area contributed by atoms with Crippen LogP contribution in [0.1, 0.15) is 22.1 Å². The standard InChI is InChI=1S/C18H20N4OS/c1-14-20-16(13-24-14)10-18(23)21(2)12-17-19-8-9-22(17)11-15-6-4-3-5-7-15/h3-9,13H,10-12H2,1-2H3. The molecule has 0 atom stereocenters. The Morgan fingerprint density at radius 3 is 2.79 bits per heavy atom. The highest BCUT2D eigenvalue weighted by Crippen LogP contribution is 2.11. The first-order chi connectivity index (χ1) is 11.6. The highest BCUT2D eigenvalue weighted by molar-refractivity contribution is 7.09. The van der Waals surface area contributed by atoms with E-state index in [4.69, 9.17) is 0 Å². The Labute approximate surface area is 145 Å². The fraction of sp³-hybridized carbons (Fsp3) is 0.278. The summed E-state index contributed by atoms with van der Waals surface area (Å²) in [7, 11) is 1.81. The summed E-state index contributed by atoms with van der Waals surface area (Å²) in [4.78, 5) is 22.8. The van der Waals surface area contributed by atoms with Gasteiger partial charge in [0.15, 0.2) is 0 Å². The number of amides is 1. The van der Waals surface area contributed by atoms with Gasteiger partial charge in [0.25, 0.3) is 0 Å². The average Bonchev–Trinajstić information content (AvgIpc) is 3.17. The molecule has 1 aromatic carbocycles. The van der Waals surface area contributed by atoms with E-state index in [9.17, 15) is 4.79 Å². The molecule has 124 valence electrons. The van der Waals surface area contributed by atoms with Gasteiger partial charge >= 0.3 is 0 Å². The van der Waals surface area contributed by atoms with Gasteiger partial charge in [0.2, 0.25) is 5.91 Å². The van der Waals surface area contributed by atoms with E-state index in [0.717, 1.165) is 23.1 Å². The Kier molecular flexibility index (Phi) is 5.05. The lowest BCUT2D eigenvalue weighted by Gasteiger charge is -2.17. The molecule has 0 unspecified atom stereocenters. The van der Waals surface area contributed by atoms with Gasteiger partial charge in [-0.1, -0.05) is 30.3 Å². The Morgan fingerprint density at radius 2 is 2.08 bits per heavy atom. The fourth-order valence-electron chi connectivity index (χ4n) is 2.50. The highest BCUT2D eigenvalue weighted by Gasteiger charge is 2.14. The van der Waals surface area contributed by atoms with Crippen molar-refractivity contribution in [3.63, 3.8) is 0 Å². The highest BCUT2D eigenvalue weighted by atomic mass is 32.1. The SMILES string of the molecule is Cc1nc(CC(=O)N(C)Cc2nccn2Cc2ccccc2)cs1. The molecule has 0 aliphatic heterocycles. The molecular formula is C18H20N4OS. The van der Waals surface area contributed by atoms with Crippen LogP contribution in [0.15, 0.2) is 48.1 Å². The molecule has 0 saturated carbocycles. The van der Waals surface area contributed by atoms with Crippen LogP contribution < -0.4 is 0 Å². The molecule has 0 fully saturated rings. The molecule has 0 radical (unpaired) electrons. The van der Waals surface area contributed by atoms with Crippen LogP contribution in [0, 0.1) is 6.92 Å². The van der Waals surface area contributed by atoms with Crippen molar-refractivity contribution < 1.29 is 4.79 Å². The van der Waals surface area contributed by atoms with Gasteiger partial charge in [-0.3, -0.25) is 4.79 Å². The van der Waals surface area contributed by atoms with E-state index >= 15 is 0 Å². The second-order valence-electron chi connectivity index (χ2n) is 5.74. The summed E-state index contributed by atoms with van der Waals surface area (Å²) in [6.45, 7) is 3.19. The molecule has 0 saturated heterocycles. The van der Waals surface area contributed by atoms with E-state index in [2.05, 4.69) is 26.7 Å². The van der Waals surface area contributed by atoms with Crippen molar-refractivity contribution >= 4 is 17.2 Å². The molecule has 0 aliphatic carbocycles. The van der Waals surface area contributed by atoms with Gasteiger partial charge in [-0.15, -0.1) is 11.3 Å². The zero-order chi connectivity index (χ0) is 16.9. The summed E-state index contributed by atoms with van der Waals surface area (Å²) in [5.41, 5.74) is 2.05. The van der Waals surface area contributed by atoms with Crippen LogP contribution >= 0.6 is 11.3 Å². The number of imidazole rings is 1. The summed E-state index contributed by atoms with van der Waals surface area (Å²) < 4.78 is 2.08. The smallest absolute Gasteiger partial charge is 0.228 e. The molecule has 2 aromatic heterocycles. The van der Waals surface area contributed by atoms with Crippen molar-refractivity contribution in [3.05, 3.63) is 70.2 Å². The molecule has 2 heterocycles. The molecule has 3 aromatic rings. The fourth-order valence-corrected chi connectivity index (χ4v) is 3.11. The molecule has 0 aliphatic rings. The molecule has 0 bridgehead atoms. The first-order valence-electron chi connectivity index (χ1n) is 7.80. The second-order valence-corrected chi connectivity index (χ2v) is 6.80. The summed E-state index contributed by atoms with van der Waals surface area (Å²) in [5.74, 6) is 0.929. The maximum absolute atomic E-state index is 12.4. The normalized spacial score (nSPS) is 10.8. The number of hydrogen-bond donors (Lipinski definition) is 0. The quantitative estimate of drug-likeness (QED) is 0.693. The monoisotopic (exact) mass is 340 g/mol. The molecule has 24 heavy (non-hydrogen) atoms. The Hall–Kier alpha value is -2.47. The maximum Gasteiger partial charge on any atom is 0.228 e. The third-order valence-electron chi connectivity index (χ3n) is 3.80. The van der Waals surface area contributed by atoms with Crippen LogP contribution in [0.3, 0.4) is 0 Å². The number of hydrogen-bond acceptors (Lipinski definition) is 4. The van der Waals surface area contributed by atoms with E-state index < -0.39 is 0 Å². The van der Waals surface area contributed by atoms with Crippen LogP contribution in [0.2, 0.25) is 0 Å². The summed E-state index contributed by atoms with van der Waals surface area (Å²) in [6, 6.07) is 10.2. The first kappa shape index (κ1) is 16.4. The Bertz CT molecular complexity index is 809. The summed E-state index contributed by atoms with van der Waals surface area (Å²) in [6.07, 6.45) is 4.06. The zero-order valence-corrected chi connectivity index (χ0v) is 14.7. The molecule has 0 N–H and O–H groups in total. The van der Waals surface area contributed by atoms with E-state index in [0.29, 0.717) is 13.0 Å². The third kappa shape index (κ3) is 4.08. The number of aryl methyl sites for hydroxylation is 1. The molecular weight excluding hydrogens is 320 g/mol. The minimum absolute atomic E-state index is 0.0505. The molecule has 1 amide bonds. The van der Waals surface area contributed by atoms with E-state index in [1.807, 2.05) is 43.7 Å². The van der Waals surface area contributed by atoms with Gasteiger partial charge < -0.3 is 9.47 Å². The number of aromatic nitrogens is 3. The van der Waals surface area contributed by atoms with Gasteiger partial charge in [0, 0.05) is 31.4 Å². The van der Waals surface area contributed by atoms with E-state index in [1.165, 1.54) is 5.56 Å². The van der Waals surface area contributed by atoms with Gasteiger partial charge in [-0.05, 0) is 12.5 Å². The van der Waals surface area contributed by atoms with E-state index in [-0.39, 0.29) is 5.91 Å². The number of thiazole rings is 1. The number of benzene rings is 1. The van der Waals surface area contributed by atoms with Crippen LogP contribution in [0.4, 0.5) is 0 Å². The van der Waals surface area contributed by atoms with E-state index in [1.54, 1.807) is 22.4 Å². The maximum atomic E-state index is 12.4. The van der Waals surface area contributed by atoms with Crippen molar-refractivity contribution in [1.82, 2.24) is 19.4 Å². The topological polar surface area (TPSA) is 51.0 Å². The minimum atomic E-state index is 0.0505. The van der Waals surface area contributed by atoms with Crippen molar-refractivity contribution in [2.45, 2.75) is 26.4 Å². The second kappa shape index (κ2) is 7.40. The van der Waals surface area contributed by atoms with Gasteiger partial charge in [0.1, 0.15) is 5.82 Å². The van der Waals surface area contributed by atoms with Crippen LogP contribution in [-0.2, 0) is 24.3 Å². The van der Waals surface area contributed by atoms with Gasteiger partial charge in [0.05, 0.1) is 23.7 Å². The number of carbonyl (C=O) groups excluding carboxylic acids is 1. The first-order valence-corrected chi connectivity index (χ1v) is 8.68. The van der Waals surface area contributed by atoms with Crippen molar-refractivity contribution in [3.8, 4) is 0 Å². The van der Waals surface area contributed by atoms with Crippen LogP contribution in [0.5, 0.6) is 0 Å². The van der Waals surface area contributed by atoms with Crippen molar-refractivity contribution in [2.24, 2.45) is 0 Å². The lowest BCUT2D eigenvalue weighted by molar-refractivity contribution is -0.129. The third-order valence-corrected chi connectivity index (χ3v) is 4.62. The summed E-state index contributed by atoms with van der Waals surface area (Å²) in [5, 5.41) is 2.93. The Balaban J connectivity index is 1.63. The van der Waals surface area contributed by atoms with Crippen molar-refractivity contribution in [2.75, 3.05) is 7.05 Å². The molecule has 5 nitrogen and oxygen atoms in total. The molecule has 3 rings (SSSR count). The lowest BCUT2D eigenvalue weighted by Crippen LogP contribution is -2.29. The predicted molar refractivity (Wildman–Crippen MR) is 94.8 cm³/mol. The molecule has 6 heteroatoms. The van der Waals surface area contributed by atoms with Gasteiger partial charge in [-0.25, -0.2) is 9.97 Å². The number of nitrogens with zero attached hydrogens (tertiary/aromatic N) is 4. The lowest BCUT2D eigenvalue weighted by atomic mass is 10.2. The molecule has 0 spiro atoms. The van der Waals surface area contributed by atoms with Crippen molar-refractivity contribution in [1.29, 1.82) is 0 Å². The average molecular weight is 340 g/mol. The van der Waals surface area contributed by atoms with Gasteiger partial charge in [-0.2, -0.15) is 0 Å². The Morgan fingerprint density at radius 1 is 1.29 bits per heavy atom. The number of carbonyl (C=O) groups is 1. The number of rotatable bonds is 6. The van der Waals surface area contributed by atoms with Crippen LogP contribution in [-0.4, -0.2) is 32.4 Å². The van der Waals surface area contributed by atoms with Crippen LogP contribution in [0.25, 0.3) is 0 Å². The predicted octanol–water partition coefficient (Wildman–Crippen LogP) is 2.90. The summed E-state index contributed by atoms with van der Waals surface area (Å²) >= 11 is 1.57. The minimum Gasteiger partial charge on any atom is -0.338 e.